The van der Waals surface area contributed by atoms with Gasteiger partial charge in [-0.15, -0.1) is 0 Å². The standard InChI is InChI=1S/C17H24FNO/c1-3-14-5-4-11-19(12-10-14)13(2)17(20)15-6-8-16(18)9-7-15/h6-9,13-14H,3-5,10-12H2,1-2H3. The second-order valence-corrected chi connectivity index (χ2v) is 5.79. The van der Waals surface area contributed by atoms with E-state index >= 15 is 0 Å². The first-order valence-electron chi connectivity index (χ1n) is 7.65. The first-order valence-corrected chi connectivity index (χ1v) is 7.65. The maximum absolute atomic E-state index is 12.9. The van der Waals surface area contributed by atoms with E-state index in [2.05, 4.69) is 11.8 Å². The molecule has 2 nitrogen and oxygen atoms in total. The maximum Gasteiger partial charge on any atom is 0.179 e. The number of carbonyl (C=O) groups is 1. The number of carbonyl (C=O) groups excluding carboxylic acids is 1. The van der Waals surface area contributed by atoms with Crippen molar-refractivity contribution >= 4 is 5.78 Å². The number of halogens is 1. The average Bonchev–Trinajstić information content (AvgIpc) is 2.72. The van der Waals surface area contributed by atoms with Crippen LogP contribution in [0.25, 0.3) is 0 Å². The summed E-state index contributed by atoms with van der Waals surface area (Å²) in [7, 11) is 0. The van der Waals surface area contributed by atoms with Crippen LogP contribution in [0.15, 0.2) is 24.3 Å². The normalized spacial score (nSPS) is 22.2. The third-order valence-corrected chi connectivity index (χ3v) is 4.52. The molecule has 1 fully saturated rings. The summed E-state index contributed by atoms with van der Waals surface area (Å²) in [5, 5.41) is 0. The number of nitrogens with zero attached hydrogens (tertiary/aromatic N) is 1. The largest absolute Gasteiger partial charge is 0.293 e. The van der Waals surface area contributed by atoms with Crippen molar-refractivity contribution in [3.8, 4) is 0 Å². The van der Waals surface area contributed by atoms with E-state index in [-0.39, 0.29) is 17.6 Å². The third kappa shape index (κ3) is 3.66. The predicted molar refractivity (Wildman–Crippen MR) is 79.4 cm³/mol. The van der Waals surface area contributed by atoms with Gasteiger partial charge in [-0.25, -0.2) is 4.39 Å². The van der Waals surface area contributed by atoms with Gasteiger partial charge in [0.15, 0.2) is 5.78 Å². The van der Waals surface area contributed by atoms with Crippen molar-refractivity contribution in [3.05, 3.63) is 35.6 Å². The molecule has 0 aliphatic carbocycles. The van der Waals surface area contributed by atoms with Crippen molar-refractivity contribution in [3.63, 3.8) is 0 Å². The van der Waals surface area contributed by atoms with Crippen LogP contribution in [-0.2, 0) is 0 Å². The lowest BCUT2D eigenvalue weighted by Gasteiger charge is -2.26. The topological polar surface area (TPSA) is 20.3 Å². The molecule has 0 aromatic heterocycles. The molecule has 1 saturated heterocycles. The quantitative estimate of drug-likeness (QED) is 0.778. The molecule has 2 rings (SSSR count). The Balaban J connectivity index is 2.01. The van der Waals surface area contributed by atoms with E-state index in [0.29, 0.717) is 5.56 Å². The summed E-state index contributed by atoms with van der Waals surface area (Å²) in [4.78, 5) is 14.7. The van der Waals surface area contributed by atoms with Crippen molar-refractivity contribution in [2.75, 3.05) is 13.1 Å². The Morgan fingerprint density at radius 1 is 1.30 bits per heavy atom. The van der Waals surface area contributed by atoms with Gasteiger partial charge in [-0.2, -0.15) is 0 Å². The van der Waals surface area contributed by atoms with Gasteiger partial charge in [0.25, 0.3) is 0 Å². The van der Waals surface area contributed by atoms with E-state index in [4.69, 9.17) is 0 Å². The van der Waals surface area contributed by atoms with E-state index < -0.39 is 0 Å². The molecule has 0 radical (unpaired) electrons. The first-order chi connectivity index (χ1) is 9.61. The summed E-state index contributed by atoms with van der Waals surface area (Å²) in [6, 6.07) is 5.77. The molecule has 0 amide bonds. The molecule has 3 heteroatoms. The van der Waals surface area contributed by atoms with Gasteiger partial charge >= 0.3 is 0 Å². The minimum absolute atomic E-state index is 0.0972. The summed E-state index contributed by atoms with van der Waals surface area (Å²) in [5.41, 5.74) is 0.607. The molecule has 0 N–H and O–H groups in total. The van der Waals surface area contributed by atoms with Crippen LogP contribution in [-0.4, -0.2) is 29.8 Å². The molecular weight excluding hydrogens is 253 g/mol. The van der Waals surface area contributed by atoms with Crippen LogP contribution >= 0.6 is 0 Å². The number of ketones is 1. The Labute approximate surface area is 121 Å². The lowest BCUT2D eigenvalue weighted by Crippen LogP contribution is -2.39. The van der Waals surface area contributed by atoms with Gasteiger partial charge in [0.1, 0.15) is 5.82 Å². The van der Waals surface area contributed by atoms with Gasteiger partial charge in [0.05, 0.1) is 6.04 Å². The van der Waals surface area contributed by atoms with E-state index in [0.717, 1.165) is 19.0 Å². The molecule has 110 valence electrons. The summed E-state index contributed by atoms with van der Waals surface area (Å²) < 4.78 is 12.9. The molecule has 20 heavy (non-hydrogen) atoms. The molecule has 2 atom stereocenters. The van der Waals surface area contributed by atoms with Crippen LogP contribution in [0, 0.1) is 11.7 Å². The van der Waals surface area contributed by atoms with Gasteiger partial charge in [0, 0.05) is 5.56 Å². The molecule has 1 heterocycles. The molecule has 0 bridgehead atoms. The van der Waals surface area contributed by atoms with Gasteiger partial charge in [-0.3, -0.25) is 9.69 Å². The minimum atomic E-state index is -0.297. The number of rotatable bonds is 4. The Morgan fingerprint density at radius 2 is 2.00 bits per heavy atom. The zero-order chi connectivity index (χ0) is 14.5. The Morgan fingerprint density at radius 3 is 2.65 bits per heavy atom. The highest BCUT2D eigenvalue weighted by molar-refractivity contribution is 5.99. The van der Waals surface area contributed by atoms with Crippen LogP contribution in [0.1, 0.15) is 49.9 Å². The van der Waals surface area contributed by atoms with Crippen LogP contribution in [0.3, 0.4) is 0 Å². The average molecular weight is 277 g/mol. The first kappa shape index (κ1) is 15.2. The molecule has 1 aliphatic rings. The highest BCUT2D eigenvalue weighted by atomic mass is 19.1. The van der Waals surface area contributed by atoms with Crippen LogP contribution in [0.4, 0.5) is 4.39 Å². The van der Waals surface area contributed by atoms with Crippen molar-refractivity contribution < 1.29 is 9.18 Å². The molecule has 0 saturated carbocycles. The lowest BCUT2D eigenvalue weighted by molar-refractivity contribution is 0.0841. The SMILES string of the molecule is CCC1CCCN(C(C)C(=O)c2ccc(F)cc2)CC1. The van der Waals surface area contributed by atoms with Crippen molar-refractivity contribution in [2.45, 2.75) is 45.6 Å². The molecule has 2 unspecified atom stereocenters. The smallest absolute Gasteiger partial charge is 0.179 e. The zero-order valence-corrected chi connectivity index (χ0v) is 12.4. The summed E-state index contributed by atoms with van der Waals surface area (Å²) in [5.74, 6) is 0.600. The summed E-state index contributed by atoms with van der Waals surface area (Å²) >= 11 is 0. The monoisotopic (exact) mass is 277 g/mol. The van der Waals surface area contributed by atoms with Crippen LogP contribution < -0.4 is 0 Å². The lowest BCUT2D eigenvalue weighted by atomic mass is 9.98. The molecule has 1 aromatic carbocycles. The van der Waals surface area contributed by atoms with E-state index in [1.54, 1.807) is 12.1 Å². The number of benzene rings is 1. The highest BCUT2D eigenvalue weighted by Crippen LogP contribution is 2.22. The molecule has 1 aromatic rings. The van der Waals surface area contributed by atoms with Crippen molar-refractivity contribution in [2.24, 2.45) is 5.92 Å². The van der Waals surface area contributed by atoms with Crippen LogP contribution in [0.2, 0.25) is 0 Å². The Kier molecular flexibility index (Phi) is 5.30. The van der Waals surface area contributed by atoms with E-state index in [9.17, 15) is 9.18 Å². The predicted octanol–water partition coefficient (Wildman–Crippen LogP) is 3.91. The van der Waals surface area contributed by atoms with E-state index in [1.807, 2.05) is 6.92 Å². The maximum atomic E-state index is 12.9. The molecule has 0 spiro atoms. The number of hydrogen-bond donors (Lipinski definition) is 0. The number of likely N-dealkylation sites (tertiary alicyclic amines) is 1. The van der Waals surface area contributed by atoms with Crippen LogP contribution in [0.5, 0.6) is 0 Å². The summed E-state index contributed by atoms with van der Waals surface area (Å²) in [6.45, 7) is 6.20. The Bertz CT molecular complexity index is 443. The number of Topliss-reactive ketones (excluding diaryl/α,β-unsaturated/α-hetero) is 1. The fourth-order valence-corrected chi connectivity index (χ4v) is 3.00. The second-order valence-electron chi connectivity index (χ2n) is 5.79. The molecular formula is C17H24FNO. The zero-order valence-electron chi connectivity index (χ0n) is 12.4. The van der Waals surface area contributed by atoms with Gasteiger partial charge in [0.2, 0.25) is 0 Å². The minimum Gasteiger partial charge on any atom is -0.293 e. The summed E-state index contributed by atoms with van der Waals surface area (Å²) in [6.07, 6.45) is 4.84. The van der Waals surface area contributed by atoms with Gasteiger partial charge < -0.3 is 0 Å². The van der Waals surface area contributed by atoms with Crippen molar-refractivity contribution in [1.82, 2.24) is 4.90 Å². The highest BCUT2D eigenvalue weighted by Gasteiger charge is 2.25. The second kappa shape index (κ2) is 6.98. The fourth-order valence-electron chi connectivity index (χ4n) is 3.00. The van der Waals surface area contributed by atoms with Gasteiger partial charge in [-0.05, 0) is 69.5 Å². The Hall–Kier alpha value is -1.22. The van der Waals surface area contributed by atoms with Crippen molar-refractivity contribution in [1.29, 1.82) is 0 Å². The van der Waals surface area contributed by atoms with E-state index in [1.165, 1.54) is 37.8 Å². The third-order valence-electron chi connectivity index (χ3n) is 4.52. The number of hydrogen-bond acceptors (Lipinski definition) is 2. The molecule has 1 aliphatic heterocycles. The van der Waals surface area contributed by atoms with Gasteiger partial charge in [-0.1, -0.05) is 13.3 Å². The fraction of sp³-hybridized carbons (Fsp3) is 0.588.